The molecule has 2 aromatic heterocycles. The van der Waals surface area contributed by atoms with Crippen molar-refractivity contribution >= 4 is 40.9 Å². The summed E-state index contributed by atoms with van der Waals surface area (Å²) in [5.74, 6) is -0.352. The van der Waals surface area contributed by atoms with Crippen molar-refractivity contribution < 1.29 is 66.4 Å². The molecule has 5 aliphatic rings. The number of nitrogens with zero attached hydrogens (tertiary/aromatic N) is 6. The number of piperazine rings is 1. The molecule has 3 aromatic carbocycles. The third-order valence-corrected chi connectivity index (χ3v) is 17.5. The van der Waals surface area contributed by atoms with E-state index in [0.717, 1.165) is 63.0 Å². The van der Waals surface area contributed by atoms with Crippen LogP contribution in [0.3, 0.4) is 0 Å². The maximum Gasteiger partial charge on any atom is 0.345 e. The molecular weight excluding hydrogens is 1130 g/mol. The van der Waals surface area contributed by atoms with E-state index in [4.69, 9.17) is 90.3 Å². The van der Waals surface area contributed by atoms with Crippen molar-refractivity contribution in [3.8, 4) is 23.1 Å². The second-order valence-corrected chi connectivity index (χ2v) is 22.8. The average Bonchev–Trinajstić information content (AvgIpc) is 3.74. The van der Waals surface area contributed by atoms with Crippen LogP contribution in [0.15, 0.2) is 66.1 Å². The molecule has 0 amide bonds. The first-order valence-electron chi connectivity index (χ1n) is 28.4. The fraction of sp³-hybridized carbons (Fsp3) is 0.550. The van der Waals surface area contributed by atoms with Gasteiger partial charge >= 0.3 is 5.97 Å². The Hall–Kier alpha value is -5.01. The van der Waals surface area contributed by atoms with Crippen LogP contribution in [-0.4, -0.2) is 186 Å². The van der Waals surface area contributed by atoms with E-state index in [1.807, 2.05) is 13.8 Å². The largest absolute Gasteiger partial charge is 0.490 e. The summed E-state index contributed by atoms with van der Waals surface area (Å²) in [6.45, 7) is 13.5. The summed E-state index contributed by atoms with van der Waals surface area (Å²) in [5, 5.41) is 11.9. The Morgan fingerprint density at radius 3 is 2.07 bits per heavy atom. The number of likely N-dealkylation sites (N-methyl/N-ethyl adjacent to an activating group) is 1. The van der Waals surface area contributed by atoms with Gasteiger partial charge in [0.25, 0.3) is 0 Å². The molecule has 6 heterocycles. The zero-order chi connectivity index (χ0) is 58.1. The van der Waals surface area contributed by atoms with Gasteiger partial charge in [0.2, 0.25) is 12.0 Å². The lowest BCUT2D eigenvalue weighted by atomic mass is 9.82. The summed E-state index contributed by atoms with van der Waals surface area (Å²) in [6, 6.07) is 13.4. The van der Waals surface area contributed by atoms with Crippen LogP contribution in [0, 0.1) is 19.7 Å². The highest BCUT2D eigenvalue weighted by Crippen LogP contribution is 2.61. The number of methoxy groups -OCH3 is 1. The summed E-state index contributed by atoms with van der Waals surface area (Å²) in [4.78, 5) is 37.2. The van der Waals surface area contributed by atoms with Crippen LogP contribution in [0.25, 0.3) is 0 Å². The van der Waals surface area contributed by atoms with Gasteiger partial charge in [-0.2, -0.15) is 0 Å². The number of hydrogen-bond donors (Lipinski definition) is 1. The zero-order valence-electron chi connectivity index (χ0n) is 47.6. The van der Waals surface area contributed by atoms with Crippen molar-refractivity contribution in [1.29, 1.82) is 0 Å². The van der Waals surface area contributed by atoms with E-state index in [9.17, 15) is 14.3 Å². The summed E-state index contributed by atoms with van der Waals surface area (Å²) in [6.07, 6.45) is 4.34. The lowest BCUT2D eigenvalue weighted by molar-refractivity contribution is -0.145. The number of carbonyl (C=O) groups is 1. The van der Waals surface area contributed by atoms with Gasteiger partial charge in [-0.1, -0.05) is 47.1 Å². The molecule has 4 bridgehead atoms. The van der Waals surface area contributed by atoms with Gasteiger partial charge in [-0.3, -0.25) is 4.90 Å². The van der Waals surface area contributed by atoms with Gasteiger partial charge in [0.1, 0.15) is 53.6 Å². The number of fused-ring (bicyclic) bond motifs is 7. The third kappa shape index (κ3) is 16.5. The lowest BCUT2D eigenvalue weighted by Crippen LogP contribution is -2.49. The van der Waals surface area contributed by atoms with E-state index in [0.29, 0.717) is 152 Å². The van der Waals surface area contributed by atoms with Crippen molar-refractivity contribution in [1.82, 2.24) is 29.7 Å². The normalized spacial score (nSPS) is 19.9. The molecule has 2 unspecified atom stereocenters. The molecule has 19 nitrogen and oxygen atoms in total. The van der Waals surface area contributed by atoms with E-state index < -0.39 is 29.7 Å². The molecule has 83 heavy (non-hydrogen) atoms. The third-order valence-electron chi connectivity index (χ3n) is 15.2. The molecular formula is C60H75Cl2FN6O13S. The SMILES string of the molecule is COCCOCCOCCOCCOCCOCCOC1(c2nccc(COc3ccc4cc3C[C@H](C(=O)O)Oc3ncnc5c3C(c3c(C)c(Cl)c(c(Cl)c3C)O[C@H](CN3CCN(C)CC3)CO4)C(c3ccc(F)cc3)S5)n2)CCCC1. The van der Waals surface area contributed by atoms with Crippen molar-refractivity contribution in [2.75, 3.05) is 133 Å². The Balaban J connectivity index is 0.908. The van der Waals surface area contributed by atoms with Crippen LogP contribution in [0.2, 0.25) is 10.0 Å². The number of thioether (sulfide) groups is 1. The van der Waals surface area contributed by atoms with Gasteiger partial charge in [0.05, 0.1) is 101 Å². The number of ether oxygens (including phenoxy) is 11. The first-order chi connectivity index (χ1) is 40.4. The Labute approximate surface area is 499 Å². The molecule has 5 aromatic rings. The maximum atomic E-state index is 14.5. The van der Waals surface area contributed by atoms with E-state index in [2.05, 4.69) is 21.8 Å². The Morgan fingerprint density at radius 2 is 1.43 bits per heavy atom. The van der Waals surface area contributed by atoms with Crippen LogP contribution in [0.5, 0.6) is 23.1 Å². The number of aromatic nitrogens is 4. The predicted molar refractivity (Wildman–Crippen MR) is 309 cm³/mol. The summed E-state index contributed by atoms with van der Waals surface area (Å²) >= 11 is 16.2. The summed E-state index contributed by atoms with van der Waals surface area (Å²) in [5.41, 5.74) is 3.96. The number of carboxylic acids is 1. The van der Waals surface area contributed by atoms with Crippen molar-refractivity contribution in [2.45, 2.75) is 86.6 Å². The molecule has 2 fully saturated rings. The van der Waals surface area contributed by atoms with Crippen molar-refractivity contribution in [3.63, 3.8) is 0 Å². The lowest BCUT2D eigenvalue weighted by Gasteiger charge is -2.35. The second kappa shape index (κ2) is 30.9. The average molecular weight is 1210 g/mol. The molecule has 10 rings (SSSR count). The van der Waals surface area contributed by atoms with Gasteiger partial charge < -0.3 is 62.1 Å². The van der Waals surface area contributed by atoms with Crippen molar-refractivity contribution in [3.05, 3.63) is 122 Å². The van der Waals surface area contributed by atoms with E-state index in [1.165, 1.54) is 30.2 Å². The summed E-state index contributed by atoms with van der Waals surface area (Å²) < 4.78 is 80.6. The van der Waals surface area contributed by atoms with E-state index in [1.54, 1.807) is 49.7 Å². The molecule has 0 spiro atoms. The standard InChI is InChI=1S/C60H75Cl2FN6O13S/c1-39-49-40(2)53(62)54(52(39)61)81-46(35-69-19-17-68(3)18-20-69)37-78-45-11-12-47(42(33-45)34-48(58(70)71)82-56-51-50(49)55(83-57(51)66-38-65-56)41-7-9-43(63)10-8-41)79-36-44-13-16-64-59(67-44)60(14-5-6-15-60)80-32-31-77-30-29-76-28-27-75-26-25-74-24-23-73-22-21-72-4/h7-13,16,33,38,46,48,50,55H,5-6,14-15,17-32,34-37H2,1-4H3,(H,70,71)/t46-,48-,50?,55?/m1/s1. The zero-order valence-corrected chi connectivity index (χ0v) is 50.0. The number of benzene rings is 3. The number of hydrogen-bond acceptors (Lipinski definition) is 19. The molecule has 4 aliphatic heterocycles. The van der Waals surface area contributed by atoms with Gasteiger partial charge in [-0.15, -0.1) is 0 Å². The van der Waals surface area contributed by atoms with E-state index >= 15 is 0 Å². The Kier molecular flexibility index (Phi) is 23.3. The molecule has 1 saturated heterocycles. The minimum atomic E-state index is -1.47. The molecule has 1 saturated carbocycles. The topological polar surface area (TPSA) is 197 Å². The molecule has 450 valence electrons. The Bertz CT molecular complexity index is 2880. The van der Waals surface area contributed by atoms with Gasteiger partial charge in [0.15, 0.2) is 11.6 Å². The fourth-order valence-electron chi connectivity index (χ4n) is 10.8. The van der Waals surface area contributed by atoms with Crippen molar-refractivity contribution in [2.24, 2.45) is 0 Å². The highest BCUT2D eigenvalue weighted by atomic mass is 35.5. The van der Waals surface area contributed by atoms with Crippen LogP contribution < -0.4 is 18.9 Å². The first-order valence-corrected chi connectivity index (χ1v) is 30.0. The molecule has 23 heteroatoms. The summed E-state index contributed by atoms with van der Waals surface area (Å²) in [7, 11) is 3.74. The number of halogens is 3. The number of carboxylic acid groups (broad SMARTS) is 1. The smallest absolute Gasteiger partial charge is 0.345 e. The number of rotatable bonds is 27. The number of aliphatic carboxylic acids is 1. The molecule has 0 radical (unpaired) electrons. The second-order valence-electron chi connectivity index (χ2n) is 20.9. The van der Waals surface area contributed by atoms with E-state index in [-0.39, 0.29) is 36.6 Å². The van der Waals surface area contributed by atoms with Gasteiger partial charge in [0, 0.05) is 69.2 Å². The fourth-order valence-corrected chi connectivity index (χ4v) is 12.7. The highest BCUT2D eigenvalue weighted by Gasteiger charge is 2.44. The minimum absolute atomic E-state index is 0.0337. The predicted octanol–water partition coefficient (Wildman–Crippen LogP) is 8.86. The molecule has 1 N–H and O–H groups in total. The molecule has 1 aliphatic carbocycles. The monoisotopic (exact) mass is 1210 g/mol. The minimum Gasteiger partial charge on any atom is -0.490 e. The highest BCUT2D eigenvalue weighted by molar-refractivity contribution is 7.99. The van der Waals surface area contributed by atoms with Crippen LogP contribution >= 0.6 is 35.0 Å². The quantitative estimate of drug-likeness (QED) is 0.0386. The van der Waals surface area contributed by atoms with Crippen LogP contribution in [0.4, 0.5) is 4.39 Å². The van der Waals surface area contributed by atoms with Gasteiger partial charge in [-0.05, 0) is 105 Å². The maximum absolute atomic E-state index is 14.5. The molecule has 4 atom stereocenters. The Morgan fingerprint density at radius 1 is 0.795 bits per heavy atom. The van der Waals surface area contributed by atoms with Gasteiger partial charge in [-0.25, -0.2) is 29.1 Å². The van der Waals surface area contributed by atoms with Crippen LogP contribution in [0.1, 0.15) is 81.8 Å². The first kappa shape index (κ1) is 62.5. The van der Waals surface area contributed by atoms with Crippen LogP contribution in [-0.2, 0) is 56.6 Å².